The van der Waals surface area contributed by atoms with Crippen molar-refractivity contribution in [2.24, 2.45) is 0 Å². The van der Waals surface area contributed by atoms with Crippen LogP contribution in [0.1, 0.15) is 51.5 Å². The molecule has 0 saturated carbocycles. The largest absolute Gasteiger partial charge is 0.314 e. The van der Waals surface area contributed by atoms with E-state index in [1.54, 1.807) is 0 Å². The van der Waals surface area contributed by atoms with E-state index in [2.05, 4.69) is 61.3 Å². The quantitative estimate of drug-likeness (QED) is 0.852. The van der Waals surface area contributed by atoms with Gasteiger partial charge in [-0.05, 0) is 64.2 Å². The smallest absolute Gasteiger partial charge is 0.00914 e. The number of rotatable bonds is 6. The van der Waals surface area contributed by atoms with Crippen LogP contribution in [-0.2, 0) is 0 Å². The minimum atomic E-state index is 0.652. The molecule has 1 atom stereocenters. The third-order valence-corrected chi connectivity index (χ3v) is 4.64. The van der Waals surface area contributed by atoms with Gasteiger partial charge < -0.3 is 10.2 Å². The van der Waals surface area contributed by atoms with Gasteiger partial charge in [0.25, 0.3) is 0 Å². The number of benzene rings is 1. The zero-order valence-corrected chi connectivity index (χ0v) is 13.3. The number of likely N-dealkylation sites (tertiary alicyclic amines) is 1. The van der Waals surface area contributed by atoms with Crippen LogP contribution < -0.4 is 5.32 Å². The van der Waals surface area contributed by atoms with Gasteiger partial charge in [0.15, 0.2) is 0 Å². The number of piperidine rings is 1. The molecule has 2 rings (SSSR count). The average Bonchev–Trinajstić information content (AvgIpc) is 2.48. The Morgan fingerprint density at radius 3 is 2.35 bits per heavy atom. The lowest BCUT2D eigenvalue weighted by Crippen LogP contribution is -2.45. The third-order valence-electron chi connectivity index (χ3n) is 4.64. The molecule has 1 saturated heterocycles. The van der Waals surface area contributed by atoms with E-state index in [0.717, 1.165) is 12.6 Å². The summed E-state index contributed by atoms with van der Waals surface area (Å²) in [6.07, 6.45) is 3.84. The molecular formula is C18H30N2. The predicted octanol–water partition coefficient (Wildman–Crippen LogP) is 3.64. The second-order valence-electron chi connectivity index (χ2n) is 6.46. The zero-order chi connectivity index (χ0) is 14.4. The molecule has 0 bridgehead atoms. The second-order valence-corrected chi connectivity index (χ2v) is 6.46. The van der Waals surface area contributed by atoms with Gasteiger partial charge in [-0.25, -0.2) is 0 Å². The fourth-order valence-electron chi connectivity index (χ4n) is 3.07. The van der Waals surface area contributed by atoms with E-state index in [9.17, 15) is 0 Å². The molecule has 2 heteroatoms. The van der Waals surface area contributed by atoms with Crippen molar-refractivity contribution in [3.63, 3.8) is 0 Å². The van der Waals surface area contributed by atoms with Gasteiger partial charge in [-0.3, -0.25) is 0 Å². The molecule has 1 aromatic carbocycles. The Kier molecular flexibility index (Phi) is 6.06. The van der Waals surface area contributed by atoms with Crippen LogP contribution in [0.15, 0.2) is 30.3 Å². The first kappa shape index (κ1) is 15.5. The Morgan fingerprint density at radius 1 is 1.10 bits per heavy atom. The van der Waals surface area contributed by atoms with Gasteiger partial charge in [0, 0.05) is 12.1 Å². The van der Waals surface area contributed by atoms with Crippen LogP contribution in [-0.4, -0.2) is 36.6 Å². The lowest BCUT2D eigenvalue weighted by atomic mass is 9.97. The lowest BCUT2D eigenvalue weighted by Gasteiger charge is -2.35. The summed E-state index contributed by atoms with van der Waals surface area (Å²) >= 11 is 0. The van der Waals surface area contributed by atoms with E-state index in [-0.39, 0.29) is 0 Å². The summed E-state index contributed by atoms with van der Waals surface area (Å²) in [7, 11) is 0. The first-order valence-electron chi connectivity index (χ1n) is 8.19. The van der Waals surface area contributed by atoms with Crippen molar-refractivity contribution >= 4 is 0 Å². The van der Waals surface area contributed by atoms with E-state index in [4.69, 9.17) is 0 Å². The molecule has 1 unspecified atom stereocenters. The van der Waals surface area contributed by atoms with E-state index in [1.807, 2.05) is 0 Å². The molecule has 1 aromatic rings. The highest BCUT2D eigenvalue weighted by atomic mass is 15.2. The monoisotopic (exact) mass is 274 g/mol. The van der Waals surface area contributed by atoms with E-state index >= 15 is 0 Å². The fraction of sp³-hybridized carbons (Fsp3) is 0.667. The van der Waals surface area contributed by atoms with Gasteiger partial charge >= 0.3 is 0 Å². The van der Waals surface area contributed by atoms with Crippen molar-refractivity contribution in [2.45, 2.75) is 58.0 Å². The number of hydrogen-bond donors (Lipinski definition) is 1. The minimum absolute atomic E-state index is 0.652. The summed E-state index contributed by atoms with van der Waals surface area (Å²) in [5.74, 6) is 0.652. The summed E-state index contributed by atoms with van der Waals surface area (Å²) in [4.78, 5) is 2.59. The lowest BCUT2D eigenvalue weighted by molar-refractivity contribution is 0.161. The highest BCUT2D eigenvalue weighted by Gasteiger charge is 2.20. The van der Waals surface area contributed by atoms with Crippen molar-refractivity contribution < 1.29 is 0 Å². The molecule has 0 aliphatic carbocycles. The molecule has 0 spiro atoms. The average molecular weight is 274 g/mol. The Labute approximate surface area is 124 Å². The van der Waals surface area contributed by atoms with Crippen LogP contribution in [0.2, 0.25) is 0 Å². The van der Waals surface area contributed by atoms with Gasteiger partial charge in [0.2, 0.25) is 0 Å². The molecule has 1 aliphatic heterocycles. The summed E-state index contributed by atoms with van der Waals surface area (Å²) in [5.41, 5.74) is 1.46. The van der Waals surface area contributed by atoms with E-state index < -0.39 is 0 Å². The molecule has 0 aromatic heterocycles. The predicted molar refractivity (Wildman–Crippen MR) is 87.2 cm³/mol. The molecule has 1 fully saturated rings. The van der Waals surface area contributed by atoms with Gasteiger partial charge in [0.05, 0.1) is 0 Å². The second kappa shape index (κ2) is 7.80. The Balaban J connectivity index is 1.65. The highest BCUT2D eigenvalue weighted by Crippen LogP contribution is 2.18. The van der Waals surface area contributed by atoms with Crippen LogP contribution >= 0.6 is 0 Å². The standard InChI is InChI=1S/C18H30N2/c1-15(2)20-13-10-18(11-14-20)19-12-9-16(3)17-7-5-4-6-8-17/h4-8,15-16,18-19H,9-14H2,1-3H3. The summed E-state index contributed by atoms with van der Waals surface area (Å²) < 4.78 is 0. The van der Waals surface area contributed by atoms with E-state index in [1.165, 1.54) is 37.9 Å². The van der Waals surface area contributed by atoms with Crippen LogP contribution in [0.3, 0.4) is 0 Å². The normalized spacial score (nSPS) is 19.4. The Hall–Kier alpha value is -0.860. The third kappa shape index (κ3) is 4.60. The van der Waals surface area contributed by atoms with Crippen molar-refractivity contribution in [1.29, 1.82) is 0 Å². The molecule has 0 amide bonds. The number of nitrogens with zero attached hydrogens (tertiary/aromatic N) is 1. The molecule has 2 nitrogen and oxygen atoms in total. The van der Waals surface area contributed by atoms with Crippen molar-refractivity contribution in [2.75, 3.05) is 19.6 Å². The first-order chi connectivity index (χ1) is 9.66. The number of nitrogens with one attached hydrogen (secondary N) is 1. The van der Waals surface area contributed by atoms with Crippen molar-refractivity contribution in [3.05, 3.63) is 35.9 Å². The van der Waals surface area contributed by atoms with Crippen molar-refractivity contribution in [1.82, 2.24) is 10.2 Å². The maximum Gasteiger partial charge on any atom is 0.00914 e. The SMILES string of the molecule is CC(CCNC1CCN(C(C)C)CC1)c1ccccc1. The molecule has 20 heavy (non-hydrogen) atoms. The van der Waals surface area contributed by atoms with Gasteiger partial charge in [-0.2, -0.15) is 0 Å². The maximum absolute atomic E-state index is 3.76. The topological polar surface area (TPSA) is 15.3 Å². The van der Waals surface area contributed by atoms with Crippen LogP contribution in [0.25, 0.3) is 0 Å². The first-order valence-corrected chi connectivity index (χ1v) is 8.19. The van der Waals surface area contributed by atoms with Gasteiger partial charge in [-0.15, -0.1) is 0 Å². The molecule has 1 N–H and O–H groups in total. The summed E-state index contributed by atoms with van der Waals surface area (Å²) in [5, 5.41) is 3.76. The van der Waals surface area contributed by atoms with Crippen LogP contribution in [0.4, 0.5) is 0 Å². The summed E-state index contributed by atoms with van der Waals surface area (Å²) in [6.45, 7) is 10.6. The molecule has 1 aliphatic rings. The number of hydrogen-bond acceptors (Lipinski definition) is 2. The fourth-order valence-corrected chi connectivity index (χ4v) is 3.07. The molecule has 0 radical (unpaired) electrons. The summed E-state index contributed by atoms with van der Waals surface area (Å²) in [6, 6.07) is 12.3. The molecule has 112 valence electrons. The van der Waals surface area contributed by atoms with Crippen LogP contribution in [0, 0.1) is 0 Å². The Morgan fingerprint density at radius 2 is 1.75 bits per heavy atom. The highest BCUT2D eigenvalue weighted by molar-refractivity contribution is 5.18. The molecular weight excluding hydrogens is 244 g/mol. The van der Waals surface area contributed by atoms with Gasteiger partial charge in [-0.1, -0.05) is 37.3 Å². The van der Waals surface area contributed by atoms with Crippen LogP contribution in [0.5, 0.6) is 0 Å². The zero-order valence-electron chi connectivity index (χ0n) is 13.3. The Bertz CT molecular complexity index is 366. The van der Waals surface area contributed by atoms with Gasteiger partial charge in [0.1, 0.15) is 0 Å². The molecule has 1 heterocycles. The maximum atomic E-state index is 3.76. The minimum Gasteiger partial charge on any atom is -0.314 e. The van der Waals surface area contributed by atoms with Crippen molar-refractivity contribution in [3.8, 4) is 0 Å². The van der Waals surface area contributed by atoms with E-state index in [0.29, 0.717) is 12.0 Å².